The Morgan fingerprint density at radius 3 is 3.00 bits per heavy atom. The molecule has 0 bridgehead atoms. The first-order chi connectivity index (χ1) is 9.51. The molecular formula is C13H22N4O2S. The van der Waals surface area contributed by atoms with Crippen LogP contribution in [0.15, 0.2) is 18.3 Å². The van der Waals surface area contributed by atoms with Crippen molar-refractivity contribution in [2.45, 2.75) is 19.8 Å². The molecule has 112 valence electrons. The summed E-state index contributed by atoms with van der Waals surface area (Å²) in [5.41, 5.74) is 1.35. The fourth-order valence-corrected chi connectivity index (χ4v) is 3.85. The van der Waals surface area contributed by atoms with E-state index in [-0.39, 0.29) is 0 Å². The number of nitrogens with one attached hydrogen (secondary N) is 2. The van der Waals surface area contributed by atoms with E-state index in [9.17, 15) is 8.42 Å². The van der Waals surface area contributed by atoms with Crippen LogP contribution in [0.2, 0.25) is 0 Å². The molecule has 0 saturated carbocycles. The standard InChI is InChI=1S/C13H22N4O2S/c1-11-8-13(5-6-15-11)16-20(18,19)17-7-3-4-12(10-17)9-14-2/h5-6,8,12,14H,3-4,7,9-10H2,1-2H3,(H,15,16). The van der Waals surface area contributed by atoms with E-state index >= 15 is 0 Å². The van der Waals surface area contributed by atoms with Crippen LogP contribution >= 0.6 is 0 Å². The van der Waals surface area contributed by atoms with E-state index in [1.807, 2.05) is 14.0 Å². The van der Waals surface area contributed by atoms with Crippen LogP contribution in [-0.4, -0.2) is 44.4 Å². The largest absolute Gasteiger partial charge is 0.319 e. The van der Waals surface area contributed by atoms with Crippen molar-refractivity contribution in [1.82, 2.24) is 14.6 Å². The Balaban J connectivity index is 2.06. The number of anilines is 1. The number of hydrogen-bond donors (Lipinski definition) is 2. The molecule has 1 aromatic rings. The van der Waals surface area contributed by atoms with E-state index < -0.39 is 10.2 Å². The number of aryl methyl sites for hydroxylation is 1. The van der Waals surface area contributed by atoms with Gasteiger partial charge in [-0.2, -0.15) is 12.7 Å². The van der Waals surface area contributed by atoms with Crippen LogP contribution in [-0.2, 0) is 10.2 Å². The lowest BCUT2D eigenvalue weighted by Gasteiger charge is -2.31. The molecule has 0 aliphatic carbocycles. The molecule has 20 heavy (non-hydrogen) atoms. The predicted molar refractivity (Wildman–Crippen MR) is 79.7 cm³/mol. The van der Waals surface area contributed by atoms with Crippen LogP contribution in [0.3, 0.4) is 0 Å². The summed E-state index contributed by atoms with van der Waals surface area (Å²) in [5.74, 6) is 0.379. The molecule has 0 aromatic carbocycles. The maximum absolute atomic E-state index is 12.4. The maximum atomic E-state index is 12.4. The van der Waals surface area contributed by atoms with Crippen molar-refractivity contribution in [1.29, 1.82) is 0 Å². The molecule has 0 radical (unpaired) electrons. The molecule has 1 saturated heterocycles. The monoisotopic (exact) mass is 298 g/mol. The van der Waals surface area contributed by atoms with Crippen molar-refractivity contribution in [3.8, 4) is 0 Å². The van der Waals surface area contributed by atoms with Crippen molar-refractivity contribution in [2.75, 3.05) is 31.4 Å². The minimum atomic E-state index is -3.48. The second kappa shape index (κ2) is 6.51. The highest BCUT2D eigenvalue weighted by Gasteiger charge is 2.28. The molecule has 1 aliphatic rings. The maximum Gasteiger partial charge on any atom is 0.301 e. The smallest absolute Gasteiger partial charge is 0.301 e. The third-order valence-electron chi connectivity index (χ3n) is 3.46. The predicted octanol–water partition coefficient (Wildman–Crippen LogP) is 0.978. The van der Waals surface area contributed by atoms with E-state index in [1.165, 1.54) is 4.31 Å². The molecule has 1 atom stereocenters. The van der Waals surface area contributed by atoms with Crippen LogP contribution in [0.25, 0.3) is 0 Å². The Bertz CT molecular complexity index is 545. The van der Waals surface area contributed by atoms with Gasteiger partial charge in [-0.05, 0) is 51.4 Å². The third kappa shape index (κ3) is 3.91. The number of hydrogen-bond acceptors (Lipinski definition) is 4. The summed E-state index contributed by atoms with van der Waals surface area (Å²) in [6, 6.07) is 3.39. The Kier molecular flexibility index (Phi) is 4.95. The number of piperidine rings is 1. The normalized spacial score (nSPS) is 20.8. The van der Waals surface area contributed by atoms with Gasteiger partial charge in [-0.1, -0.05) is 0 Å². The topological polar surface area (TPSA) is 74.3 Å². The van der Waals surface area contributed by atoms with Crippen LogP contribution in [0.5, 0.6) is 0 Å². The van der Waals surface area contributed by atoms with Gasteiger partial charge < -0.3 is 5.32 Å². The fourth-order valence-electron chi connectivity index (χ4n) is 2.52. The average Bonchev–Trinajstić information content (AvgIpc) is 2.39. The minimum absolute atomic E-state index is 0.379. The first-order valence-electron chi connectivity index (χ1n) is 6.86. The molecule has 7 heteroatoms. The van der Waals surface area contributed by atoms with Crippen molar-refractivity contribution in [3.05, 3.63) is 24.0 Å². The van der Waals surface area contributed by atoms with Gasteiger partial charge in [0.15, 0.2) is 0 Å². The molecule has 0 spiro atoms. The van der Waals surface area contributed by atoms with Gasteiger partial charge in [0.2, 0.25) is 0 Å². The fraction of sp³-hybridized carbons (Fsp3) is 0.615. The van der Waals surface area contributed by atoms with Crippen molar-refractivity contribution < 1.29 is 8.42 Å². The van der Waals surface area contributed by atoms with Gasteiger partial charge in [-0.25, -0.2) is 0 Å². The summed E-state index contributed by atoms with van der Waals surface area (Å²) < 4.78 is 28.9. The van der Waals surface area contributed by atoms with Gasteiger partial charge in [-0.15, -0.1) is 0 Å². The lowest BCUT2D eigenvalue weighted by Crippen LogP contribution is -2.44. The van der Waals surface area contributed by atoms with Crippen LogP contribution < -0.4 is 10.0 Å². The first kappa shape index (κ1) is 15.2. The Hall–Kier alpha value is -1.18. The highest BCUT2D eigenvalue weighted by molar-refractivity contribution is 7.90. The number of nitrogens with zero attached hydrogens (tertiary/aromatic N) is 2. The zero-order valence-electron chi connectivity index (χ0n) is 12.0. The molecule has 2 N–H and O–H groups in total. The lowest BCUT2D eigenvalue weighted by molar-refractivity contribution is 0.264. The van der Waals surface area contributed by atoms with Gasteiger partial charge >= 0.3 is 10.2 Å². The van der Waals surface area contributed by atoms with E-state index in [4.69, 9.17) is 0 Å². The second-order valence-corrected chi connectivity index (χ2v) is 6.89. The van der Waals surface area contributed by atoms with Gasteiger partial charge in [0.1, 0.15) is 0 Å². The summed E-state index contributed by atoms with van der Waals surface area (Å²) in [6.45, 7) is 3.84. The second-order valence-electron chi connectivity index (χ2n) is 5.22. The Morgan fingerprint density at radius 2 is 2.30 bits per heavy atom. The quantitative estimate of drug-likeness (QED) is 0.850. The van der Waals surface area contributed by atoms with Crippen molar-refractivity contribution in [2.24, 2.45) is 5.92 Å². The summed E-state index contributed by atoms with van der Waals surface area (Å²) in [5, 5.41) is 3.12. The molecule has 1 aromatic heterocycles. The zero-order chi connectivity index (χ0) is 14.6. The molecule has 6 nitrogen and oxygen atoms in total. The zero-order valence-corrected chi connectivity index (χ0v) is 12.8. The molecule has 2 heterocycles. The van der Waals surface area contributed by atoms with Crippen LogP contribution in [0.4, 0.5) is 5.69 Å². The number of pyridine rings is 1. The Morgan fingerprint density at radius 1 is 1.50 bits per heavy atom. The minimum Gasteiger partial charge on any atom is -0.319 e. The number of rotatable bonds is 5. The molecular weight excluding hydrogens is 276 g/mol. The highest BCUT2D eigenvalue weighted by Crippen LogP contribution is 2.20. The summed E-state index contributed by atoms with van der Waals surface area (Å²) in [7, 11) is -1.58. The van der Waals surface area contributed by atoms with E-state index in [2.05, 4.69) is 15.0 Å². The van der Waals surface area contributed by atoms with Gasteiger partial charge in [0, 0.05) is 25.0 Å². The van der Waals surface area contributed by atoms with Gasteiger partial charge in [0.25, 0.3) is 0 Å². The van der Waals surface area contributed by atoms with Gasteiger partial charge in [-0.3, -0.25) is 9.71 Å². The van der Waals surface area contributed by atoms with Crippen molar-refractivity contribution in [3.63, 3.8) is 0 Å². The summed E-state index contributed by atoms with van der Waals surface area (Å²) >= 11 is 0. The molecule has 1 fully saturated rings. The lowest BCUT2D eigenvalue weighted by atomic mass is 10.00. The van der Waals surface area contributed by atoms with Crippen LogP contribution in [0.1, 0.15) is 18.5 Å². The Labute approximate surface area is 120 Å². The third-order valence-corrected chi connectivity index (χ3v) is 4.96. The van der Waals surface area contributed by atoms with E-state index in [0.29, 0.717) is 24.7 Å². The molecule has 1 aliphatic heterocycles. The molecule has 1 unspecified atom stereocenters. The number of aromatic nitrogens is 1. The van der Waals surface area contributed by atoms with Crippen LogP contribution in [0, 0.1) is 12.8 Å². The SMILES string of the molecule is CNCC1CCCN(S(=O)(=O)Nc2ccnc(C)c2)C1. The first-order valence-corrected chi connectivity index (χ1v) is 8.30. The summed E-state index contributed by atoms with van der Waals surface area (Å²) in [6.07, 6.45) is 3.58. The summed E-state index contributed by atoms with van der Waals surface area (Å²) in [4.78, 5) is 4.06. The van der Waals surface area contributed by atoms with Crippen molar-refractivity contribution >= 4 is 15.9 Å². The molecule has 0 amide bonds. The van der Waals surface area contributed by atoms with Gasteiger partial charge in [0.05, 0.1) is 5.69 Å². The highest BCUT2D eigenvalue weighted by atomic mass is 32.2. The van der Waals surface area contributed by atoms with E-state index in [1.54, 1.807) is 18.3 Å². The average molecular weight is 298 g/mol. The van der Waals surface area contributed by atoms with E-state index in [0.717, 1.165) is 25.1 Å². The molecule has 2 rings (SSSR count).